The van der Waals surface area contributed by atoms with Gasteiger partial charge in [0.15, 0.2) is 0 Å². The summed E-state index contributed by atoms with van der Waals surface area (Å²) in [7, 11) is 0. The molecule has 0 saturated carbocycles. The Balaban J connectivity index is 2.37. The van der Waals surface area contributed by atoms with E-state index in [1.165, 1.54) is 21.2 Å². The van der Waals surface area contributed by atoms with Crippen molar-refractivity contribution in [1.82, 2.24) is 10.3 Å². The minimum Gasteiger partial charge on any atom is -0.306 e. The lowest BCUT2D eigenvalue weighted by Gasteiger charge is -2.20. The van der Waals surface area contributed by atoms with Crippen LogP contribution in [0.5, 0.6) is 0 Å². The van der Waals surface area contributed by atoms with Crippen LogP contribution in [0, 0.1) is 6.92 Å². The number of aromatic nitrogens is 1. The van der Waals surface area contributed by atoms with Crippen molar-refractivity contribution in [1.29, 1.82) is 0 Å². The predicted octanol–water partition coefficient (Wildman–Crippen LogP) is 4.30. The van der Waals surface area contributed by atoms with Crippen LogP contribution >= 0.6 is 27.3 Å². The highest BCUT2D eigenvalue weighted by Gasteiger charge is 2.18. The molecule has 1 unspecified atom stereocenters. The molecular weight excluding hydrogens is 308 g/mol. The molecule has 0 bridgehead atoms. The third kappa shape index (κ3) is 2.99. The highest BCUT2D eigenvalue weighted by molar-refractivity contribution is 9.10. The molecule has 0 radical (unpaired) electrons. The van der Waals surface area contributed by atoms with Crippen molar-refractivity contribution in [3.63, 3.8) is 0 Å². The van der Waals surface area contributed by atoms with E-state index in [1.807, 2.05) is 12.4 Å². The highest BCUT2D eigenvalue weighted by atomic mass is 79.9. The summed E-state index contributed by atoms with van der Waals surface area (Å²) in [5.41, 5.74) is 3.84. The van der Waals surface area contributed by atoms with Crippen LogP contribution in [0.4, 0.5) is 0 Å². The molecule has 0 fully saturated rings. The molecule has 0 aliphatic heterocycles. The lowest BCUT2D eigenvalue weighted by molar-refractivity contribution is 0.595. The van der Waals surface area contributed by atoms with Crippen molar-refractivity contribution in [2.24, 2.45) is 0 Å². The van der Waals surface area contributed by atoms with E-state index in [0.717, 1.165) is 13.0 Å². The van der Waals surface area contributed by atoms with Gasteiger partial charge in [-0.1, -0.05) is 6.92 Å². The monoisotopic (exact) mass is 324 g/mol. The van der Waals surface area contributed by atoms with E-state index in [2.05, 4.69) is 56.9 Å². The summed E-state index contributed by atoms with van der Waals surface area (Å²) in [6, 6.07) is 2.35. The molecule has 4 heteroatoms. The van der Waals surface area contributed by atoms with E-state index in [4.69, 9.17) is 0 Å². The fourth-order valence-corrected chi connectivity index (χ4v) is 3.53. The molecule has 2 aromatic heterocycles. The van der Waals surface area contributed by atoms with Crippen molar-refractivity contribution in [2.45, 2.75) is 26.3 Å². The van der Waals surface area contributed by atoms with Crippen molar-refractivity contribution in [3.05, 3.63) is 50.4 Å². The summed E-state index contributed by atoms with van der Waals surface area (Å²) in [6.45, 7) is 5.31. The normalized spacial score (nSPS) is 12.6. The van der Waals surface area contributed by atoms with Crippen LogP contribution in [-0.2, 0) is 0 Å². The van der Waals surface area contributed by atoms with Gasteiger partial charge in [0.25, 0.3) is 0 Å². The van der Waals surface area contributed by atoms with Crippen LogP contribution in [0.1, 0.15) is 36.1 Å². The first-order valence-electron chi connectivity index (χ1n) is 6.09. The van der Waals surface area contributed by atoms with E-state index in [1.54, 1.807) is 11.3 Å². The molecule has 1 N–H and O–H groups in total. The molecule has 0 aliphatic carbocycles. The average molecular weight is 325 g/mol. The highest BCUT2D eigenvalue weighted by Crippen LogP contribution is 2.32. The molecule has 2 nitrogen and oxygen atoms in total. The number of hydrogen-bond acceptors (Lipinski definition) is 3. The van der Waals surface area contributed by atoms with E-state index >= 15 is 0 Å². The standard InChI is InChI=1S/C14H17BrN2S/c1-3-5-17-14(12-8-18-9-13(12)15)11-4-6-16-7-10(11)2/h4,6-9,14,17H,3,5H2,1-2H3. The van der Waals surface area contributed by atoms with Crippen LogP contribution in [0.25, 0.3) is 0 Å². The fourth-order valence-electron chi connectivity index (χ4n) is 1.98. The van der Waals surface area contributed by atoms with E-state index < -0.39 is 0 Å². The van der Waals surface area contributed by atoms with E-state index in [0.29, 0.717) is 0 Å². The zero-order valence-electron chi connectivity index (χ0n) is 10.6. The summed E-state index contributed by atoms with van der Waals surface area (Å²) in [5, 5.41) is 7.96. The maximum Gasteiger partial charge on any atom is 0.0599 e. The van der Waals surface area contributed by atoms with Crippen LogP contribution in [-0.4, -0.2) is 11.5 Å². The Bertz CT molecular complexity index is 510. The Morgan fingerprint density at radius 1 is 1.39 bits per heavy atom. The molecule has 0 amide bonds. The summed E-state index contributed by atoms with van der Waals surface area (Å²) in [4.78, 5) is 4.17. The molecule has 2 aromatic rings. The summed E-state index contributed by atoms with van der Waals surface area (Å²) in [6.07, 6.45) is 4.92. The number of thiophene rings is 1. The molecule has 0 saturated heterocycles. The number of rotatable bonds is 5. The first-order chi connectivity index (χ1) is 8.74. The van der Waals surface area contributed by atoms with Crippen molar-refractivity contribution < 1.29 is 0 Å². The second-order valence-corrected chi connectivity index (χ2v) is 5.89. The SMILES string of the molecule is CCCNC(c1ccncc1C)c1cscc1Br. The van der Waals surface area contributed by atoms with Gasteiger partial charge in [-0.15, -0.1) is 0 Å². The third-order valence-electron chi connectivity index (χ3n) is 2.93. The van der Waals surface area contributed by atoms with Crippen molar-refractivity contribution in [3.8, 4) is 0 Å². The Kier molecular flexibility index (Phi) is 4.92. The van der Waals surface area contributed by atoms with Gasteiger partial charge in [-0.05, 0) is 64.0 Å². The second kappa shape index (κ2) is 6.45. The van der Waals surface area contributed by atoms with Gasteiger partial charge in [0, 0.05) is 22.2 Å². The van der Waals surface area contributed by atoms with Gasteiger partial charge in [-0.2, -0.15) is 11.3 Å². The Labute approximate surface area is 121 Å². The largest absolute Gasteiger partial charge is 0.306 e. The zero-order chi connectivity index (χ0) is 13.0. The molecule has 96 valence electrons. The van der Waals surface area contributed by atoms with Gasteiger partial charge in [0.2, 0.25) is 0 Å². The molecule has 0 aromatic carbocycles. The molecule has 1 atom stereocenters. The first kappa shape index (κ1) is 13.7. The lowest BCUT2D eigenvalue weighted by atomic mass is 9.98. The van der Waals surface area contributed by atoms with Crippen LogP contribution < -0.4 is 5.32 Å². The van der Waals surface area contributed by atoms with Crippen LogP contribution in [0.3, 0.4) is 0 Å². The van der Waals surface area contributed by atoms with Crippen LogP contribution in [0.15, 0.2) is 33.7 Å². The van der Waals surface area contributed by atoms with Gasteiger partial charge in [-0.25, -0.2) is 0 Å². The van der Waals surface area contributed by atoms with Gasteiger partial charge in [0.05, 0.1) is 6.04 Å². The lowest BCUT2D eigenvalue weighted by Crippen LogP contribution is -2.23. The van der Waals surface area contributed by atoms with Gasteiger partial charge >= 0.3 is 0 Å². The van der Waals surface area contributed by atoms with E-state index in [9.17, 15) is 0 Å². The molecule has 18 heavy (non-hydrogen) atoms. The molecule has 2 rings (SSSR count). The maximum atomic E-state index is 4.17. The Morgan fingerprint density at radius 2 is 2.22 bits per heavy atom. The zero-order valence-corrected chi connectivity index (χ0v) is 13.0. The Morgan fingerprint density at radius 3 is 2.83 bits per heavy atom. The van der Waals surface area contributed by atoms with Crippen LogP contribution in [0.2, 0.25) is 0 Å². The maximum absolute atomic E-state index is 4.17. The van der Waals surface area contributed by atoms with Gasteiger partial charge in [0.1, 0.15) is 0 Å². The predicted molar refractivity (Wildman–Crippen MR) is 81.1 cm³/mol. The van der Waals surface area contributed by atoms with Gasteiger partial charge < -0.3 is 5.32 Å². The summed E-state index contributed by atoms with van der Waals surface area (Å²) >= 11 is 5.36. The summed E-state index contributed by atoms with van der Waals surface area (Å²) in [5.74, 6) is 0. The number of hydrogen-bond donors (Lipinski definition) is 1. The smallest absolute Gasteiger partial charge is 0.0599 e. The molecule has 2 heterocycles. The van der Waals surface area contributed by atoms with Crippen molar-refractivity contribution >= 4 is 27.3 Å². The average Bonchev–Trinajstić information content (AvgIpc) is 2.78. The first-order valence-corrected chi connectivity index (χ1v) is 7.83. The number of pyridine rings is 1. The molecule has 0 aliphatic rings. The van der Waals surface area contributed by atoms with Crippen molar-refractivity contribution in [2.75, 3.05) is 6.54 Å². The molecule has 0 spiro atoms. The quantitative estimate of drug-likeness (QED) is 0.886. The van der Waals surface area contributed by atoms with E-state index in [-0.39, 0.29) is 6.04 Å². The number of nitrogens with one attached hydrogen (secondary N) is 1. The third-order valence-corrected chi connectivity index (χ3v) is 4.68. The number of halogens is 1. The summed E-state index contributed by atoms with van der Waals surface area (Å²) < 4.78 is 1.18. The number of nitrogens with zero attached hydrogens (tertiary/aromatic N) is 1. The van der Waals surface area contributed by atoms with Gasteiger partial charge in [-0.3, -0.25) is 4.98 Å². The minimum absolute atomic E-state index is 0.244. The second-order valence-electron chi connectivity index (χ2n) is 4.29. The number of aryl methyl sites for hydroxylation is 1. The minimum atomic E-state index is 0.244. The Hall–Kier alpha value is -0.710. The topological polar surface area (TPSA) is 24.9 Å². The fraction of sp³-hybridized carbons (Fsp3) is 0.357. The molecular formula is C14H17BrN2S.